The minimum atomic E-state index is -0.204. The Bertz CT molecular complexity index is 3140. The Kier molecular flexibility index (Phi) is 6.69. The van der Waals surface area contributed by atoms with Gasteiger partial charge < -0.3 is 4.90 Å². The van der Waals surface area contributed by atoms with Gasteiger partial charge in [-0.1, -0.05) is 166 Å². The highest BCUT2D eigenvalue weighted by atomic mass is 15.2. The van der Waals surface area contributed by atoms with E-state index < -0.39 is 0 Å². The van der Waals surface area contributed by atoms with Gasteiger partial charge in [0.05, 0.1) is 11.4 Å². The molecule has 0 bridgehead atoms. The normalized spacial score (nSPS) is 17.1. The molecule has 3 heterocycles. The molecule has 0 radical (unpaired) electrons. The van der Waals surface area contributed by atoms with Gasteiger partial charge in [0, 0.05) is 16.4 Å². The third kappa shape index (κ3) is 4.53. The fourth-order valence-corrected chi connectivity index (χ4v) is 10.6. The van der Waals surface area contributed by atoms with E-state index in [1.54, 1.807) is 0 Å². The molecule has 0 saturated heterocycles. The summed E-state index contributed by atoms with van der Waals surface area (Å²) in [5, 5.41) is 7.41. The molecule has 0 aromatic heterocycles. The third-order valence-corrected chi connectivity index (χ3v) is 13.6. The predicted molar refractivity (Wildman–Crippen MR) is 243 cm³/mol. The molecule has 0 aliphatic carbocycles. The maximum atomic E-state index is 2.58. The number of nitrogens with zero attached hydrogens (tertiary/aromatic N) is 1. The van der Waals surface area contributed by atoms with Crippen molar-refractivity contribution in [1.82, 2.24) is 0 Å². The SMILES string of the molecule is CC1(C)c2ccccc2N2c3ccc(-c4c5ccccc5c(-c5cccc(-c6ccc7ccccc7c6)c5)c5ccccc45)cc3C(C)(B3C=C3)c3cccc1c32. The number of benzene rings is 9. The van der Waals surface area contributed by atoms with Crippen molar-refractivity contribution >= 4 is 56.1 Å². The lowest BCUT2D eigenvalue weighted by atomic mass is 9.39. The van der Waals surface area contributed by atoms with Gasteiger partial charge in [-0.2, -0.15) is 0 Å². The number of para-hydroxylation sites is 2. The Hall–Kier alpha value is -6.64. The van der Waals surface area contributed by atoms with Gasteiger partial charge in [-0.05, 0) is 118 Å². The number of hydrogen-bond donors (Lipinski definition) is 0. The lowest BCUT2D eigenvalue weighted by molar-refractivity contribution is 0.623. The zero-order chi connectivity index (χ0) is 38.0. The van der Waals surface area contributed by atoms with Crippen LogP contribution in [0.3, 0.4) is 0 Å². The van der Waals surface area contributed by atoms with Crippen molar-refractivity contribution in [2.75, 3.05) is 4.90 Å². The highest BCUT2D eigenvalue weighted by molar-refractivity contribution is 6.83. The van der Waals surface area contributed by atoms with Gasteiger partial charge in [-0.25, -0.2) is 0 Å². The largest absolute Gasteiger partial charge is 0.309 e. The number of rotatable bonds is 4. The van der Waals surface area contributed by atoms with Crippen molar-refractivity contribution in [3.8, 4) is 33.4 Å². The van der Waals surface area contributed by atoms with Gasteiger partial charge in [-0.3, -0.25) is 0 Å². The fourth-order valence-electron chi connectivity index (χ4n) is 10.6. The molecular formula is C55H40BN. The second-order valence-electron chi connectivity index (χ2n) is 17.0. The summed E-state index contributed by atoms with van der Waals surface area (Å²) in [5.41, 5.74) is 16.9. The lowest BCUT2D eigenvalue weighted by Gasteiger charge is -2.50. The van der Waals surface area contributed by atoms with Gasteiger partial charge in [0.2, 0.25) is 6.71 Å². The standard InChI is InChI=1S/C55H40BN/c1-54(2)45-22-10-11-25-49(45)57-50-29-28-40(34-48(50)55(3,56-30-31-56)47-24-13-23-46(54)53(47)57)52-43-20-8-6-18-41(43)51(42-19-7-9-21-44(42)52)39-17-12-16-37(33-39)38-27-26-35-14-4-5-15-36(35)32-38/h4-34H,1-3H3. The smallest absolute Gasteiger partial charge is 0.205 e. The molecule has 0 N–H and O–H groups in total. The average molecular weight is 726 g/mol. The first-order valence-corrected chi connectivity index (χ1v) is 20.3. The predicted octanol–water partition coefficient (Wildman–Crippen LogP) is 14.6. The van der Waals surface area contributed by atoms with Gasteiger partial charge in [0.15, 0.2) is 0 Å². The van der Waals surface area contributed by atoms with E-state index in [1.165, 1.54) is 105 Å². The first-order chi connectivity index (χ1) is 27.9. The molecule has 1 nitrogen and oxygen atoms in total. The van der Waals surface area contributed by atoms with Crippen LogP contribution < -0.4 is 4.90 Å². The van der Waals surface area contributed by atoms with Crippen molar-refractivity contribution in [3.05, 3.63) is 210 Å². The van der Waals surface area contributed by atoms with Crippen LogP contribution in [0.25, 0.3) is 65.7 Å². The van der Waals surface area contributed by atoms with Crippen LogP contribution in [0, 0.1) is 0 Å². The fraction of sp³-hybridized carbons (Fsp3) is 0.0909. The Morgan fingerprint density at radius 2 is 0.912 bits per heavy atom. The van der Waals surface area contributed by atoms with Crippen LogP contribution in [0.5, 0.6) is 0 Å². The van der Waals surface area contributed by atoms with Gasteiger partial charge in [0.1, 0.15) is 0 Å². The van der Waals surface area contributed by atoms with Gasteiger partial charge in [-0.15, -0.1) is 12.0 Å². The number of fused-ring (bicyclic) bond motifs is 7. The molecule has 0 saturated carbocycles. The van der Waals surface area contributed by atoms with Crippen LogP contribution in [0.15, 0.2) is 188 Å². The van der Waals surface area contributed by atoms with Crippen LogP contribution in [0.4, 0.5) is 17.1 Å². The van der Waals surface area contributed by atoms with Crippen molar-refractivity contribution in [2.24, 2.45) is 0 Å². The van der Waals surface area contributed by atoms with E-state index in [1.807, 2.05) is 0 Å². The zero-order valence-electron chi connectivity index (χ0n) is 32.4. The second-order valence-corrected chi connectivity index (χ2v) is 17.0. The Morgan fingerprint density at radius 1 is 0.386 bits per heavy atom. The van der Waals surface area contributed by atoms with Crippen LogP contribution >= 0.6 is 0 Å². The molecule has 0 amide bonds. The van der Waals surface area contributed by atoms with Crippen molar-refractivity contribution < 1.29 is 0 Å². The summed E-state index contributed by atoms with van der Waals surface area (Å²) in [6.07, 6.45) is 0. The first kappa shape index (κ1) is 32.6. The second kappa shape index (κ2) is 11.7. The van der Waals surface area contributed by atoms with Crippen molar-refractivity contribution in [1.29, 1.82) is 0 Å². The molecule has 1 atom stereocenters. The molecule has 2 heteroatoms. The number of hydrogen-bond acceptors (Lipinski definition) is 1. The molecule has 0 fully saturated rings. The monoisotopic (exact) mass is 725 g/mol. The minimum Gasteiger partial charge on any atom is -0.309 e. The molecule has 9 aromatic rings. The molecule has 1 unspecified atom stereocenters. The summed E-state index contributed by atoms with van der Waals surface area (Å²) in [7, 11) is 0. The van der Waals surface area contributed by atoms with Crippen LogP contribution in [-0.2, 0) is 10.7 Å². The van der Waals surface area contributed by atoms with E-state index in [9.17, 15) is 0 Å². The molecule has 0 spiro atoms. The molecule has 268 valence electrons. The van der Waals surface area contributed by atoms with E-state index in [-0.39, 0.29) is 10.7 Å². The Morgan fingerprint density at radius 3 is 1.63 bits per heavy atom. The summed E-state index contributed by atoms with van der Waals surface area (Å²) in [4.78, 5) is 2.58. The third-order valence-electron chi connectivity index (χ3n) is 13.6. The highest BCUT2D eigenvalue weighted by Gasteiger charge is 2.52. The molecular weight excluding hydrogens is 685 g/mol. The van der Waals surface area contributed by atoms with Gasteiger partial charge >= 0.3 is 0 Å². The summed E-state index contributed by atoms with van der Waals surface area (Å²) in [6.45, 7) is 7.64. The summed E-state index contributed by atoms with van der Waals surface area (Å²) >= 11 is 0. The molecule has 3 aliphatic heterocycles. The Labute approximate surface area is 334 Å². The zero-order valence-corrected chi connectivity index (χ0v) is 32.4. The summed E-state index contributed by atoms with van der Waals surface area (Å²) in [6, 6.07) is 66.1. The molecule has 12 rings (SSSR count). The topological polar surface area (TPSA) is 3.24 Å². The van der Waals surface area contributed by atoms with E-state index in [2.05, 4.69) is 214 Å². The van der Waals surface area contributed by atoms with E-state index in [0.717, 1.165) is 0 Å². The summed E-state index contributed by atoms with van der Waals surface area (Å²) < 4.78 is 0. The quantitative estimate of drug-likeness (QED) is 0.129. The van der Waals surface area contributed by atoms with Crippen molar-refractivity contribution in [3.63, 3.8) is 0 Å². The van der Waals surface area contributed by atoms with Gasteiger partial charge in [0.25, 0.3) is 0 Å². The molecule has 9 aromatic carbocycles. The number of anilines is 3. The molecule has 3 aliphatic rings. The van der Waals surface area contributed by atoms with E-state index in [0.29, 0.717) is 6.71 Å². The highest BCUT2D eigenvalue weighted by Crippen LogP contribution is 2.62. The summed E-state index contributed by atoms with van der Waals surface area (Å²) in [5.74, 6) is 4.80. The maximum Gasteiger partial charge on any atom is 0.205 e. The average Bonchev–Trinajstić information content (AvgIpc) is 4.12. The van der Waals surface area contributed by atoms with E-state index in [4.69, 9.17) is 0 Å². The van der Waals surface area contributed by atoms with Crippen LogP contribution in [-0.4, -0.2) is 6.71 Å². The minimum absolute atomic E-state index is 0.109. The molecule has 57 heavy (non-hydrogen) atoms. The first-order valence-electron chi connectivity index (χ1n) is 20.3. The van der Waals surface area contributed by atoms with Crippen LogP contribution in [0.1, 0.15) is 43.0 Å². The maximum absolute atomic E-state index is 2.58. The van der Waals surface area contributed by atoms with Crippen LogP contribution in [0.2, 0.25) is 0 Å². The van der Waals surface area contributed by atoms with Crippen molar-refractivity contribution in [2.45, 2.75) is 31.5 Å². The van der Waals surface area contributed by atoms with E-state index >= 15 is 0 Å². The lowest BCUT2D eigenvalue weighted by Crippen LogP contribution is -2.43. The Balaban J connectivity index is 1.09.